The van der Waals surface area contributed by atoms with Crippen molar-refractivity contribution in [3.05, 3.63) is 70.5 Å². The molecular formula is C17H18F3N. The molecule has 112 valence electrons. The van der Waals surface area contributed by atoms with E-state index in [0.29, 0.717) is 18.4 Å². The summed E-state index contributed by atoms with van der Waals surface area (Å²) >= 11 is 0. The van der Waals surface area contributed by atoms with Gasteiger partial charge in [-0.05, 0) is 67.8 Å². The first-order chi connectivity index (χ1) is 9.99. The van der Waals surface area contributed by atoms with Crippen molar-refractivity contribution in [2.24, 2.45) is 0 Å². The first-order valence-electron chi connectivity index (χ1n) is 6.86. The highest BCUT2D eigenvalue weighted by Gasteiger charge is 2.12. The van der Waals surface area contributed by atoms with Crippen molar-refractivity contribution in [1.29, 1.82) is 0 Å². The molecule has 0 aliphatic rings. The van der Waals surface area contributed by atoms with Gasteiger partial charge in [0.1, 0.15) is 5.82 Å². The fraction of sp³-hybridized carbons (Fsp3) is 0.294. The van der Waals surface area contributed by atoms with Gasteiger partial charge >= 0.3 is 0 Å². The van der Waals surface area contributed by atoms with Crippen molar-refractivity contribution in [2.45, 2.75) is 25.8 Å². The third-order valence-electron chi connectivity index (χ3n) is 3.65. The number of rotatable bonds is 5. The van der Waals surface area contributed by atoms with Crippen LogP contribution in [0.5, 0.6) is 0 Å². The Morgan fingerprint density at radius 3 is 2.38 bits per heavy atom. The minimum absolute atomic E-state index is 0.0235. The van der Waals surface area contributed by atoms with Crippen molar-refractivity contribution in [1.82, 2.24) is 5.32 Å². The molecule has 2 aromatic carbocycles. The van der Waals surface area contributed by atoms with Gasteiger partial charge in [-0.3, -0.25) is 0 Å². The van der Waals surface area contributed by atoms with Crippen molar-refractivity contribution in [2.75, 3.05) is 7.05 Å². The molecule has 1 nitrogen and oxygen atoms in total. The predicted molar refractivity (Wildman–Crippen MR) is 77.8 cm³/mol. The molecule has 0 bridgehead atoms. The molecule has 0 aromatic heterocycles. The lowest BCUT2D eigenvalue weighted by molar-refractivity contribution is 0.502. The number of likely N-dealkylation sites (N-methyl/N-ethyl adjacent to an activating group) is 1. The van der Waals surface area contributed by atoms with Crippen LogP contribution in [0.2, 0.25) is 0 Å². The van der Waals surface area contributed by atoms with E-state index in [-0.39, 0.29) is 11.9 Å². The second-order valence-corrected chi connectivity index (χ2v) is 5.21. The first kappa shape index (κ1) is 15.6. The molecule has 0 heterocycles. The Labute approximate surface area is 122 Å². The Morgan fingerprint density at radius 1 is 0.952 bits per heavy atom. The standard InChI is InChI=1S/C17H18F3N/c1-11-3-5-14(18)9-13(11)10-15(21-2)7-12-4-6-16(19)17(20)8-12/h3-6,8-9,15,21H,7,10H2,1-2H3. The molecule has 1 atom stereocenters. The third-order valence-corrected chi connectivity index (χ3v) is 3.65. The van der Waals surface area contributed by atoms with Crippen LogP contribution < -0.4 is 5.32 Å². The highest BCUT2D eigenvalue weighted by atomic mass is 19.2. The van der Waals surface area contributed by atoms with Crippen LogP contribution in [0.1, 0.15) is 16.7 Å². The van der Waals surface area contributed by atoms with Gasteiger partial charge in [0, 0.05) is 6.04 Å². The van der Waals surface area contributed by atoms with Crippen molar-refractivity contribution < 1.29 is 13.2 Å². The normalized spacial score (nSPS) is 12.4. The number of hydrogen-bond acceptors (Lipinski definition) is 1. The van der Waals surface area contributed by atoms with Gasteiger partial charge < -0.3 is 5.32 Å². The van der Waals surface area contributed by atoms with Crippen LogP contribution in [0.15, 0.2) is 36.4 Å². The van der Waals surface area contributed by atoms with E-state index in [4.69, 9.17) is 0 Å². The van der Waals surface area contributed by atoms with Crippen LogP contribution >= 0.6 is 0 Å². The van der Waals surface area contributed by atoms with Gasteiger partial charge in [0.05, 0.1) is 0 Å². The van der Waals surface area contributed by atoms with Gasteiger partial charge in [-0.1, -0.05) is 12.1 Å². The number of aryl methyl sites for hydroxylation is 1. The van der Waals surface area contributed by atoms with Crippen LogP contribution in [-0.2, 0) is 12.8 Å². The highest BCUT2D eigenvalue weighted by Crippen LogP contribution is 2.16. The fourth-order valence-corrected chi connectivity index (χ4v) is 2.35. The van der Waals surface area contributed by atoms with Gasteiger partial charge in [-0.25, -0.2) is 13.2 Å². The molecule has 0 aliphatic heterocycles. The van der Waals surface area contributed by atoms with E-state index in [1.54, 1.807) is 19.2 Å². The molecule has 1 unspecified atom stereocenters. The summed E-state index contributed by atoms with van der Waals surface area (Å²) < 4.78 is 39.5. The van der Waals surface area contributed by atoms with Crippen LogP contribution in [-0.4, -0.2) is 13.1 Å². The van der Waals surface area contributed by atoms with E-state index < -0.39 is 11.6 Å². The molecule has 4 heteroatoms. The van der Waals surface area contributed by atoms with Crippen LogP contribution in [0, 0.1) is 24.4 Å². The second-order valence-electron chi connectivity index (χ2n) is 5.21. The first-order valence-corrected chi connectivity index (χ1v) is 6.86. The number of benzene rings is 2. The lowest BCUT2D eigenvalue weighted by Crippen LogP contribution is -2.30. The van der Waals surface area contributed by atoms with Crippen LogP contribution in [0.3, 0.4) is 0 Å². The molecule has 0 spiro atoms. The van der Waals surface area contributed by atoms with E-state index >= 15 is 0 Å². The van der Waals surface area contributed by atoms with Gasteiger partial charge in [0.15, 0.2) is 11.6 Å². The van der Waals surface area contributed by atoms with E-state index in [9.17, 15) is 13.2 Å². The maximum absolute atomic E-state index is 13.3. The quantitative estimate of drug-likeness (QED) is 0.884. The molecule has 2 aromatic rings. The van der Waals surface area contributed by atoms with Gasteiger partial charge in [0.25, 0.3) is 0 Å². The smallest absolute Gasteiger partial charge is 0.159 e. The lowest BCUT2D eigenvalue weighted by atomic mass is 9.96. The Kier molecular flexibility index (Phi) is 5.02. The van der Waals surface area contributed by atoms with Gasteiger partial charge in [-0.15, -0.1) is 0 Å². The SMILES string of the molecule is CNC(Cc1ccc(F)c(F)c1)Cc1cc(F)ccc1C. The van der Waals surface area contributed by atoms with E-state index in [1.807, 2.05) is 6.92 Å². The van der Waals surface area contributed by atoms with Gasteiger partial charge in [0.2, 0.25) is 0 Å². The zero-order chi connectivity index (χ0) is 15.4. The minimum Gasteiger partial charge on any atom is -0.316 e. The van der Waals surface area contributed by atoms with E-state index in [1.165, 1.54) is 18.2 Å². The summed E-state index contributed by atoms with van der Waals surface area (Å²) in [7, 11) is 1.80. The fourth-order valence-electron chi connectivity index (χ4n) is 2.35. The second kappa shape index (κ2) is 6.76. The molecule has 0 saturated heterocycles. The van der Waals surface area contributed by atoms with E-state index in [2.05, 4.69) is 5.32 Å². The van der Waals surface area contributed by atoms with Crippen molar-refractivity contribution in [3.63, 3.8) is 0 Å². The molecule has 0 fully saturated rings. The average molecular weight is 293 g/mol. The molecule has 0 amide bonds. The maximum atomic E-state index is 13.3. The summed E-state index contributed by atoms with van der Waals surface area (Å²) in [4.78, 5) is 0. The summed E-state index contributed by atoms with van der Waals surface area (Å²) in [6.07, 6.45) is 1.17. The van der Waals surface area contributed by atoms with Crippen molar-refractivity contribution in [3.8, 4) is 0 Å². The Hall–Kier alpha value is -1.81. The number of hydrogen-bond donors (Lipinski definition) is 1. The Morgan fingerprint density at radius 2 is 1.71 bits per heavy atom. The monoisotopic (exact) mass is 293 g/mol. The number of halogens is 3. The number of nitrogens with one attached hydrogen (secondary N) is 1. The molecule has 0 aliphatic carbocycles. The van der Waals surface area contributed by atoms with Gasteiger partial charge in [-0.2, -0.15) is 0 Å². The Balaban J connectivity index is 2.12. The van der Waals surface area contributed by atoms with Crippen LogP contribution in [0.25, 0.3) is 0 Å². The zero-order valence-corrected chi connectivity index (χ0v) is 12.1. The molecule has 1 N–H and O–H groups in total. The predicted octanol–water partition coefficient (Wildman–Crippen LogP) is 3.79. The largest absolute Gasteiger partial charge is 0.316 e. The third kappa shape index (κ3) is 4.08. The van der Waals surface area contributed by atoms with Crippen molar-refractivity contribution >= 4 is 0 Å². The Bertz CT molecular complexity index is 625. The molecule has 0 radical (unpaired) electrons. The summed E-state index contributed by atoms with van der Waals surface area (Å²) in [5.74, 6) is -1.96. The van der Waals surface area contributed by atoms with Crippen LogP contribution in [0.4, 0.5) is 13.2 Å². The zero-order valence-electron chi connectivity index (χ0n) is 12.1. The molecule has 0 saturated carbocycles. The molecule has 21 heavy (non-hydrogen) atoms. The lowest BCUT2D eigenvalue weighted by Gasteiger charge is -2.18. The topological polar surface area (TPSA) is 12.0 Å². The highest BCUT2D eigenvalue weighted by molar-refractivity contribution is 5.28. The summed E-state index contributed by atoms with van der Waals surface area (Å²) in [6.45, 7) is 1.93. The molecule has 2 rings (SSSR count). The summed E-state index contributed by atoms with van der Waals surface area (Å²) in [6, 6.07) is 8.63. The summed E-state index contributed by atoms with van der Waals surface area (Å²) in [5.41, 5.74) is 2.64. The maximum Gasteiger partial charge on any atom is 0.159 e. The minimum atomic E-state index is -0.847. The van der Waals surface area contributed by atoms with E-state index in [0.717, 1.165) is 17.2 Å². The average Bonchev–Trinajstić information content (AvgIpc) is 2.46. The summed E-state index contributed by atoms with van der Waals surface area (Å²) in [5, 5.41) is 3.14. The molecular weight excluding hydrogens is 275 g/mol.